The van der Waals surface area contributed by atoms with Gasteiger partial charge in [0.1, 0.15) is 0 Å². The minimum Gasteiger partial charge on any atom is -0.479 e. The summed E-state index contributed by atoms with van der Waals surface area (Å²) in [6.45, 7) is -0.212. The maximum atomic E-state index is 13.8. The van der Waals surface area contributed by atoms with Crippen LogP contribution in [0.1, 0.15) is 23.2 Å². The highest BCUT2D eigenvalue weighted by Gasteiger charge is 2.46. The normalized spacial score (nSPS) is 21.3. The molecular weight excluding hydrogens is 299 g/mol. The first-order valence-corrected chi connectivity index (χ1v) is 7.37. The number of carbonyl (C=O) groups excluding carboxylic acids is 2. The zero-order valence-corrected chi connectivity index (χ0v) is 12.0. The van der Waals surface area contributed by atoms with Crippen LogP contribution in [0.5, 0.6) is 0 Å². The van der Waals surface area contributed by atoms with Gasteiger partial charge in [-0.1, -0.05) is 0 Å². The lowest BCUT2D eigenvalue weighted by Crippen LogP contribution is -2.39. The Kier molecular flexibility index (Phi) is 4.56. The van der Waals surface area contributed by atoms with Crippen LogP contribution in [0.25, 0.3) is 0 Å². The van der Waals surface area contributed by atoms with Crippen molar-refractivity contribution >= 4 is 29.1 Å². The van der Waals surface area contributed by atoms with Crippen molar-refractivity contribution in [3.8, 4) is 0 Å². The number of carbonyl (C=O) groups is 3. The molecule has 8 heteroatoms. The molecule has 1 atom stereocenters. The number of carboxylic acid groups (broad SMARTS) is 1. The largest absolute Gasteiger partial charge is 0.479 e. The highest BCUT2D eigenvalue weighted by molar-refractivity contribution is 7.08. The number of carboxylic acids is 1. The number of nitrogens with one attached hydrogen (secondary N) is 1. The average Bonchev–Trinajstić information content (AvgIpc) is 3.08. The number of aliphatic carboxylic acids is 1. The molecule has 114 valence electrons. The molecule has 0 bridgehead atoms. The van der Waals surface area contributed by atoms with Gasteiger partial charge in [-0.15, -0.1) is 0 Å². The predicted molar refractivity (Wildman–Crippen MR) is 73.9 cm³/mol. The van der Waals surface area contributed by atoms with Crippen molar-refractivity contribution in [3.63, 3.8) is 0 Å². The third-order valence-electron chi connectivity index (χ3n) is 3.36. The highest BCUT2D eigenvalue weighted by atomic mass is 32.1. The Morgan fingerprint density at radius 2 is 2.24 bits per heavy atom. The van der Waals surface area contributed by atoms with Gasteiger partial charge in [-0.25, -0.2) is 9.18 Å². The molecule has 0 aliphatic carbocycles. The van der Waals surface area contributed by atoms with Crippen LogP contribution in [0.3, 0.4) is 0 Å². The second kappa shape index (κ2) is 6.21. The number of nitrogens with zero attached hydrogens (tertiary/aromatic N) is 1. The van der Waals surface area contributed by atoms with Crippen LogP contribution in [0.4, 0.5) is 4.39 Å². The van der Waals surface area contributed by atoms with E-state index in [9.17, 15) is 18.8 Å². The smallest absolute Gasteiger partial charge is 0.343 e. The molecule has 0 aromatic carbocycles. The molecule has 1 aliphatic heterocycles. The molecule has 1 aromatic heterocycles. The van der Waals surface area contributed by atoms with E-state index in [1.807, 2.05) is 0 Å². The number of likely N-dealkylation sites (tertiary alicyclic amines) is 1. The molecule has 0 saturated carbocycles. The molecule has 2 amide bonds. The zero-order valence-electron chi connectivity index (χ0n) is 11.2. The van der Waals surface area contributed by atoms with Crippen molar-refractivity contribution in [2.45, 2.75) is 18.5 Å². The summed E-state index contributed by atoms with van der Waals surface area (Å²) in [5.41, 5.74) is -1.82. The zero-order chi connectivity index (χ0) is 15.5. The molecule has 2 N–H and O–H groups in total. The fourth-order valence-electron chi connectivity index (χ4n) is 2.10. The number of hydrogen-bond donors (Lipinski definition) is 2. The standard InChI is InChI=1S/C13H15FN2O4S/c14-13(12(19)20)3-5-16(8-13)10(17)1-4-15-11(18)9-2-6-21-7-9/h2,6-7H,1,3-5,8H2,(H,15,18)(H,19,20). The van der Waals surface area contributed by atoms with E-state index in [0.29, 0.717) is 5.56 Å². The summed E-state index contributed by atoms with van der Waals surface area (Å²) >= 11 is 1.40. The van der Waals surface area contributed by atoms with Crippen LogP contribution in [-0.4, -0.2) is 53.1 Å². The molecule has 1 saturated heterocycles. The van der Waals surface area contributed by atoms with Crippen molar-refractivity contribution in [3.05, 3.63) is 22.4 Å². The molecular formula is C13H15FN2O4S. The third kappa shape index (κ3) is 3.57. The second-order valence-electron chi connectivity index (χ2n) is 4.85. The Bertz CT molecular complexity index is 548. The van der Waals surface area contributed by atoms with Crippen LogP contribution < -0.4 is 5.32 Å². The molecule has 1 unspecified atom stereocenters. The monoisotopic (exact) mass is 314 g/mol. The van der Waals surface area contributed by atoms with Crippen LogP contribution in [0.2, 0.25) is 0 Å². The number of amides is 2. The van der Waals surface area contributed by atoms with E-state index in [4.69, 9.17) is 5.11 Å². The van der Waals surface area contributed by atoms with Crippen molar-refractivity contribution in [2.75, 3.05) is 19.6 Å². The van der Waals surface area contributed by atoms with E-state index in [1.165, 1.54) is 16.2 Å². The van der Waals surface area contributed by atoms with Gasteiger partial charge in [0.25, 0.3) is 5.91 Å². The Balaban J connectivity index is 1.76. The van der Waals surface area contributed by atoms with E-state index < -0.39 is 18.2 Å². The summed E-state index contributed by atoms with van der Waals surface area (Å²) in [6.07, 6.45) is -0.180. The van der Waals surface area contributed by atoms with Crippen molar-refractivity contribution < 1.29 is 23.9 Å². The first-order chi connectivity index (χ1) is 9.92. The Hall–Kier alpha value is -1.96. The highest BCUT2D eigenvalue weighted by Crippen LogP contribution is 2.26. The molecule has 0 radical (unpaired) electrons. The van der Waals surface area contributed by atoms with Crippen LogP contribution in [0, 0.1) is 0 Å². The summed E-state index contributed by atoms with van der Waals surface area (Å²) in [6, 6.07) is 1.67. The van der Waals surface area contributed by atoms with Gasteiger partial charge >= 0.3 is 5.97 Å². The predicted octanol–water partition coefficient (Wildman–Crippen LogP) is 0.893. The van der Waals surface area contributed by atoms with Gasteiger partial charge in [-0.2, -0.15) is 11.3 Å². The lowest BCUT2D eigenvalue weighted by atomic mass is 10.1. The SMILES string of the molecule is O=C(NCCC(=O)N1CCC(F)(C(=O)O)C1)c1ccsc1. The van der Waals surface area contributed by atoms with Crippen LogP contribution in [0.15, 0.2) is 16.8 Å². The van der Waals surface area contributed by atoms with Gasteiger partial charge in [0, 0.05) is 36.9 Å². The maximum absolute atomic E-state index is 13.8. The van der Waals surface area contributed by atoms with E-state index in [1.54, 1.807) is 16.8 Å². The van der Waals surface area contributed by atoms with Crippen molar-refractivity contribution in [1.82, 2.24) is 10.2 Å². The summed E-state index contributed by atoms with van der Waals surface area (Å²) < 4.78 is 13.8. The van der Waals surface area contributed by atoms with Gasteiger partial charge in [-0.3, -0.25) is 9.59 Å². The topological polar surface area (TPSA) is 86.7 Å². The summed E-state index contributed by atoms with van der Waals surface area (Å²) in [5.74, 6) is -2.17. The average molecular weight is 314 g/mol. The van der Waals surface area contributed by atoms with Gasteiger partial charge in [-0.05, 0) is 11.4 Å². The molecule has 6 nitrogen and oxygen atoms in total. The number of thiophene rings is 1. The Morgan fingerprint density at radius 3 is 2.81 bits per heavy atom. The number of halogens is 1. The van der Waals surface area contributed by atoms with Crippen LogP contribution >= 0.6 is 11.3 Å². The minimum atomic E-state index is -2.35. The van der Waals surface area contributed by atoms with Crippen molar-refractivity contribution in [1.29, 1.82) is 0 Å². The second-order valence-corrected chi connectivity index (χ2v) is 5.63. The van der Waals surface area contributed by atoms with E-state index >= 15 is 0 Å². The molecule has 1 aliphatic rings. The lowest BCUT2D eigenvalue weighted by molar-refractivity contribution is -0.150. The number of alkyl halides is 1. The molecule has 1 fully saturated rings. The first kappa shape index (κ1) is 15.4. The molecule has 2 rings (SSSR count). The number of rotatable bonds is 5. The Morgan fingerprint density at radius 1 is 1.48 bits per heavy atom. The summed E-state index contributed by atoms with van der Waals surface area (Å²) in [7, 11) is 0. The first-order valence-electron chi connectivity index (χ1n) is 6.43. The van der Waals surface area contributed by atoms with E-state index in [2.05, 4.69) is 5.32 Å². The Labute approximate surface area is 124 Å². The minimum absolute atomic E-state index is 0.0194. The maximum Gasteiger partial charge on any atom is 0.343 e. The van der Waals surface area contributed by atoms with E-state index in [-0.39, 0.29) is 37.7 Å². The third-order valence-corrected chi connectivity index (χ3v) is 4.05. The molecule has 21 heavy (non-hydrogen) atoms. The number of hydrogen-bond acceptors (Lipinski definition) is 4. The lowest BCUT2D eigenvalue weighted by Gasteiger charge is -2.17. The van der Waals surface area contributed by atoms with E-state index in [0.717, 1.165) is 0 Å². The molecule has 0 spiro atoms. The fraction of sp³-hybridized carbons (Fsp3) is 0.462. The van der Waals surface area contributed by atoms with Gasteiger partial charge < -0.3 is 15.3 Å². The van der Waals surface area contributed by atoms with Gasteiger partial charge in [0.2, 0.25) is 11.6 Å². The van der Waals surface area contributed by atoms with Crippen LogP contribution in [-0.2, 0) is 9.59 Å². The summed E-state index contributed by atoms with van der Waals surface area (Å²) in [4.78, 5) is 35.4. The summed E-state index contributed by atoms with van der Waals surface area (Å²) in [5, 5.41) is 14.8. The molecule has 2 heterocycles. The fourth-order valence-corrected chi connectivity index (χ4v) is 2.73. The van der Waals surface area contributed by atoms with Gasteiger partial charge in [0.15, 0.2) is 0 Å². The molecule has 1 aromatic rings. The van der Waals surface area contributed by atoms with Gasteiger partial charge in [0.05, 0.1) is 6.54 Å². The van der Waals surface area contributed by atoms with Crippen molar-refractivity contribution in [2.24, 2.45) is 0 Å². The quantitative estimate of drug-likeness (QED) is 0.845.